The molecule has 276 valence electrons. The van der Waals surface area contributed by atoms with E-state index in [4.69, 9.17) is 21.4 Å². The predicted molar refractivity (Wildman–Crippen MR) is 170 cm³/mol. The summed E-state index contributed by atoms with van der Waals surface area (Å²) < 4.78 is 32.3. The molecule has 1 aromatic carbocycles. The lowest BCUT2D eigenvalue weighted by molar-refractivity contribution is -0.870. The fourth-order valence-corrected chi connectivity index (χ4v) is 4.92. The van der Waals surface area contributed by atoms with E-state index in [2.05, 4.69) is 36.8 Å². The maximum Gasteiger partial charge on any atom is 0.430 e. The van der Waals surface area contributed by atoms with Crippen molar-refractivity contribution < 1.29 is 56.9 Å². The van der Waals surface area contributed by atoms with Crippen LogP contribution < -0.4 is 27.2 Å². The molecule has 1 aliphatic heterocycles. The quantitative estimate of drug-likeness (QED) is 0.0556. The molecule has 18 heteroatoms. The first-order chi connectivity index (χ1) is 22.6. The Kier molecular flexibility index (Phi) is 16.8. The molecule has 0 spiro atoms. The van der Waals surface area contributed by atoms with E-state index in [1.807, 2.05) is 6.92 Å². The number of alkyl halides is 3. The smallest absolute Gasteiger partial charge is 0.430 e. The van der Waals surface area contributed by atoms with Crippen molar-refractivity contribution >= 4 is 35.6 Å². The van der Waals surface area contributed by atoms with Gasteiger partial charge in [-0.15, -0.1) is 0 Å². The van der Waals surface area contributed by atoms with Crippen molar-refractivity contribution in [1.82, 2.24) is 15.5 Å². The van der Waals surface area contributed by atoms with E-state index in [1.54, 1.807) is 12.1 Å². The van der Waals surface area contributed by atoms with Gasteiger partial charge in [0.1, 0.15) is 29.8 Å². The molecule has 15 nitrogen and oxygen atoms in total. The molecule has 0 bridgehead atoms. The number of guanidine groups is 1. The van der Waals surface area contributed by atoms with Gasteiger partial charge in [-0.3, -0.25) is 19.4 Å². The Morgan fingerprint density at radius 2 is 1.63 bits per heavy atom. The molecule has 0 unspecified atom stereocenters. The molecule has 8 N–H and O–H groups in total. The molecule has 1 saturated heterocycles. The summed E-state index contributed by atoms with van der Waals surface area (Å²) in [5.74, 6) is -5.74. The number of aliphatic carboxylic acids is 2. The van der Waals surface area contributed by atoms with Gasteiger partial charge < -0.3 is 51.6 Å². The summed E-state index contributed by atoms with van der Waals surface area (Å²) in [6, 6.07) is 3.09. The van der Waals surface area contributed by atoms with E-state index in [0.29, 0.717) is 37.8 Å². The Labute approximate surface area is 283 Å². The van der Waals surface area contributed by atoms with Crippen LogP contribution in [0.2, 0.25) is 0 Å². The van der Waals surface area contributed by atoms with Gasteiger partial charge in [0.2, 0.25) is 17.7 Å². The lowest BCUT2D eigenvalue weighted by Gasteiger charge is -2.30. The fraction of sp³-hybridized carbons (Fsp3) is 0.613. The van der Waals surface area contributed by atoms with Crippen molar-refractivity contribution in [2.75, 3.05) is 40.8 Å². The van der Waals surface area contributed by atoms with Crippen LogP contribution in [0.1, 0.15) is 51.0 Å². The summed E-state index contributed by atoms with van der Waals surface area (Å²) in [6.45, 7) is 3.33. The van der Waals surface area contributed by atoms with Crippen LogP contribution in [0.5, 0.6) is 5.75 Å². The molecule has 4 atom stereocenters. The van der Waals surface area contributed by atoms with Crippen molar-refractivity contribution in [3.05, 3.63) is 29.8 Å². The Balaban J connectivity index is 0.00000154. The van der Waals surface area contributed by atoms with Crippen molar-refractivity contribution in [1.29, 1.82) is 0 Å². The Bertz CT molecular complexity index is 1300. The van der Waals surface area contributed by atoms with Crippen molar-refractivity contribution in [2.45, 2.75) is 76.2 Å². The van der Waals surface area contributed by atoms with Gasteiger partial charge in [-0.25, -0.2) is 4.79 Å². The van der Waals surface area contributed by atoms with Gasteiger partial charge in [-0.05, 0) is 56.2 Å². The average Bonchev–Trinajstić information content (AvgIpc) is 3.48. The number of phenols is 1. The van der Waals surface area contributed by atoms with Gasteiger partial charge in [-0.1, -0.05) is 19.1 Å². The van der Waals surface area contributed by atoms with Crippen LogP contribution >= 0.6 is 0 Å². The van der Waals surface area contributed by atoms with Gasteiger partial charge in [0.05, 0.1) is 27.7 Å². The molecule has 3 amide bonds. The molecule has 49 heavy (non-hydrogen) atoms. The monoisotopic (exact) mass is 703 g/mol. The van der Waals surface area contributed by atoms with E-state index in [9.17, 15) is 42.6 Å². The highest BCUT2D eigenvalue weighted by Gasteiger charge is 2.39. The van der Waals surface area contributed by atoms with Crippen molar-refractivity contribution in [3.63, 3.8) is 0 Å². The number of halogens is 3. The maximum atomic E-state index is 13.7. The zero-order chi connectivity index (χ0) is 37.5. The van der Waals surface area contributed by atoms with Gasteiger partial charge in [0.15, 0.2) is 5.96 Å². The van der Waals surface area contributed by atoms with Crippen LogP contribution in [0.3, 0.4) is 0 Å². The number of amides is 3. The maximum absolute atomic E-state index is 13.7. The van der Waals surface area contributed by atoms with E-state index in [1.165, 1.54) is 17.0 Å². The number of aromatic hydroxyl groups is 1. The average molecular weight is 704 g/mol. The van der Waals surface area contributed by atoms with Crippen molar-refractivity contribution in [2.24, 2.45) is 22.4 Å². The number of hydrogen-bond acceptors (Lipinski definition) is 8. The number of hydrogen-bond donors (Lipinski definition) is 6. The zero-order valence-electron chi connectivity index (χ0n) is 28.2. The number of benzene rings is 1. The standard InChI is InChI=1S/C29H47N7O6.C2HF3O2/c1-19(8-7-17-36(2,3)4)25(38)33-22(9-5-15-32-29(30)31)27(40)35-16-6-10-24(35)26(39)34-23(28(41)42)18-20-11-13-21(37)14-12-20;3-2(4,5)1(6)7/h11-14,19,22-24H,5-10,15-18H2,1-4H3,(H7-,30,31,32,33,34,37,38,39,41,42);(H,6,7)/t19-,22-,23-,24-;/m0./s1. The minimum absolute atomic E-state index is 0.0114. The number of likely N-dealkylation sites (tertiary alicyclic amines) is 1. The van der Waals surface area contributed by atoms with E-state index in [-0.39, 0.29) is 42.9 Å². The van der Waals surface area contributed by atoms with Gasteiger partial charge in [0.25, 0.3) is 0 Å². The SMILES string of the molecule is C[C@@H](CCC[N+](C)(C)C)C(=O)N[C@@H](CCCN=C(N)N)C(=O)N1CCC[C@H]1C(=O)N[C@@H](Cc1ccc(O)cc1)C(=O)O.O=C([O-])C(F)(F)F. The number of carbonyl (C=O) groups is 5. The third kappa shape index (κ3) is 16.4. The number of carbonyl (C=O) groups excluding carboxylic acids is 4. The first-order valence-corrected chi connectivity index (χ1v) is 15.7. The molecule has 0 aliphatic carbocycles. The molecule has 1 aromatic rings. The number of carboxylic acids is 2. The molecular weight excluding hydrogens is 655 g/mol. The topological polar surface area (TPSA) is 241 Å². The predicted octanol–water partition coefficient (Wildman–Crippen LogP) is -0.545. The molecule has 2 rings (SSSR count). The second kappa shape index (κ2) is 19.4. The zero-order valence-corrected chi connectivity index (χ0v) is 28.2. The van der Waals surface area contributed by atoms with Crippen LogP contribution in [0.4, 0.5) is 13.2 Å². The fourth-order valence-electron chi connectivity index (χ4n) is 4.92. The second-order valence-electron chi connectivity index (χ2n) is 12.8. The lowest BCUT2D eigenvalue weighted by Crippen LogP contribution is -2.56. The van der Waals surface area contributed by atoms with Crippen LogP contribution in [-0.2, 0) is 30.4 Å². The summed E-state index contributed by atoms with van der Waals surface area (Å²) in [6.07, 6.45) is -2.02. The highest BCUT2D eigenvalue weighted by Crippen LogP contribution is 2.21. The first kappa shape index (κ1) is 42.4. The molecule has 1 aliphatic rings. The Hall–Kier alpha value is -4.61. The molecular formula is C31H48F3N7O8. The summed E-state index contributed by atoms with van der Waals surface area (Å²) in [4.78, 5) is 66.2. The number of nitrogens with one attached hydrogen (secondary N) is 2. The Morgan fingerprint density at radius 1 is 1.04 bits per heavy atom. The third-order valence-corrected chi connectivity index (χ3v) is 7.53. The summed E-state index contributed by atoms with van der Waals surface area (Å²) in [7, 11) is 6.26. The number of nitrogens with zero attached hydrogens (tertiary/aromatic N) is 3. The molecule has 1 heterocycles. The van der Waals surface area contributed by atoms with Crippen LogP contribution in [-0.4, -0.2) is 120 Å². The number of quaternary nitrogens is 1. The number of rotatable bonds is 16. The minimum atomic E-state index is -5.19. The molecule has 1 fully saturated rings. The van der Waals surface area contributed by atoms with Gasteiger partial charge in [0, 0.05) is 25.4 Å². The number of nitrogens with two attached hydrogens (primary N) is 2. The van der Waals surface area contributed by atoms with Crippen LogP contribution in [0, 0.1) is 5.92 Å². The van der Waals surface area contributed by atoms with Crippen LogP contribution in [0.15, 0.2) is 29.3 Å². The summed E-state index contributed by atoms with van der Waals surface area (Å²) in [5.41, 5.74) is 11.5. The second-order valence-corrected chi connectivity index (χ2v) is 12.8. The summed E-state index contributed by atoms with van der Waals surface area (Å²) in [5, 5.41) is 33.5. The van der Waals surface area contributed by atoms with E-state index < -0.39 is 48.1 Å². The Morgan fingerprint density at radius 3 is 2.14 bits per heavy atom. The largest absolute Gasteiger partial charge is 0.542 e. The highest BCUT2D eigenvalue weighted by atomic mass is 19.4. The van der Waals surface area contributed by atoms with E-state index >= 15 is 0 Å². The first-order valence-electron chi connectivity index (χ1n) is 15.7. The number of aliphatic imine (C=N–C) groups is 1. The summed E-state index contributed by atoms with van der Waals surface area (Å²) >= 11 is 0. The van der Waals surface area contributed by atoms with E-state index in [0.717, 1.165) is 17.4 Å². The van der Waals surface area contributed by atoms with Gasteiger partial charge in [-0.2, -0.15) is 13.2 Å². The number of carboxylic acid groups (broad SMARTS) is 2. The third-order valence-electron chi connectivity index (χ3n) is 7.53. The molecule has 0 radical (unpaired) electrons. The van der Waals surface area contributed by atoms with Crippen molar-refractivity contribution in [3.8, 4) is 5.75 Å². The lowest BCUT2D eigenvalue weighted by atomic mass is 10.0. The van der Waals surface area contributed by atoms with Gasteiger partial charge >= 0.3 is 12.1 Å². The number of phenolic OH excluding ortho intramolecular Hbond substituents is 1. The minimum Gasteiger partial charge on any atom is -0.542 e. The highest BCUT2D eigenvalue weighted by molar-refractivity contribution is 5.94. The normalized spacial score (nSPS) is 16.3. The molecule has 0 aromatic heterocycles. The molecule has 0 saturated carbocycles. The van der Waals surface area contributed by atoms with Crippen LogP contribution in [0.25, 0.3) is 0 Å².